The summed E-state index contributed by atoms with van der Waals surface area (Å²) in [7, 11) is 0. The molecule has 1 aliphatic carbocycles. The molecule has 1 aromatic heterocycles. The van der Waals surface area contributed by atoms with E-state index in [0.717, 1.165) is 6.42 Å². The van der Waals surface area contributed by atoms with E-state index < -0.39 is 16.3 Å². The SMILES string of the molecule is O=C(OC[C@@H]1CC1(Cl)Cl)[C@H]1CCCN1C(=O)c1ccco1. The summed E-state index contributed by atoms with van der Waals surface area (Å²) in [6.07, 6.45) is 3.43. The fourth-order valence-corrected chi connectivity index (χ4v) is 3.02. The Morgan fingerprint density at radius 3 is 2.86 bits per heavy atom. The van der Waals surface area contributed by atoms with Gasteiger partial charge in [0.15, 0.2) is 5.76 Å². The third-order valence-electron chi connectivity index (χ3n) is 3.90. The van der Waals surface area contributed by atoms with Crippen LogP contribution in [0.5, 0.6) is 0 Å². The van der Waals surface area contributed by atoms with Gasteiger partial charge in [-0.2, -0.15) is 0 Å². The molecule has 5 nitrogen and oxygen atoms in total. The smallest absolute Gasteiger partial charge is 0.328 e. The Kier molecular flexibility index (Phi) is 3.88. The van der Waals surface area contributed by atoms with Crippen LogP contribution in [0.25, 0.3) is 0 Å². The zero-order valence-corrected chi connectivity index (χ0v) is 12.8. The highest BCUT2D eigenvalue weighted by molar-refractivity contribution is 6.50. The van der Waals surface area contributed by atoms with E-state index in [1.807, 2.05) is 0 Å². The predicted molar refractivity (Wildman–Crippen MR) is 76.3 cm³/mol. The number of furan rings is 1. The Morgan fingerprint density at radius 1 is 1.48 bits per heavy atom. The second-order valence-corrected chi connectivity index (χ2v) is 6.97. The van der Waals surface area contributed by atoms with Crippen molar-refractivity contribution < 1.29 is 18.7 Å². The number of carbonyl (C=O) groups excluding carboxylic acids is 2. The van der Waals surface area contributed by atoms with Crippen molar-refractivity contribution in [3.8, 4) is 0 Å². The third kappa shape index (κ3) is 3.04. The number of alkyl halides is 2. The van der Waals surface area contributed by atoms with Crippen LogP contribution in [0, 0.1) is 5.92 Å². The zero-order chi connectivity index (χ0) is 15.0. The maximum Gasteiger partial charge on any atom is 0.328 e. The van der Waals surface area contributed by atoms with E-state index in [9.17, 15) is 9.59 Å². The average Bonchev–Trinajstić information content (AvgIpc) is 2.93. The first kappa shape index (κ1) is 14.7. The number of hydrogen-bond acceptors (Lipinski definition) is 4. The van der Waals surface area contributed by atoms with Crippen LogP contribution in [-0.2, 0) is 9.53 Å². The number of hydrogen-bond donors (Lipinski definition) is 0. The van der Waals surface area contributed by atoms with Crippen LogP contribution in [0.4, 0.5) is 0 Å². The fraction of sp³-hybridized carbons (Fsp3) is 0.571. The number of halogens is 2. The summed E-state index contributed by atoms with van der Waals surface area (Å²) in [4.78, 5) is 25.9. The molecule has 1 aromatic rings. The van der Waals surface area contributed by atoms with Crippen LogP contribution < -0.4 is 0 Å². The molecule has 2 atom stereocenters. The van der Waals surface area contributed by atoms with Crippen LogP contribution in [0.15, 0.2) is 22.8 Å². The molecule has 1 saturated heterocycles. The lowest BCUT2D eigenvalue weighted by atomic mass is 10.2. The van der Waals surface area contributed by atoms with Crippen molar-refractivity contribution in [2.75, 3.05) is 13.2 Å². The van der Waals surface area contributed by atoms with Crippen LogP contribution in [0.2, 0.25) is 0 Å². The average molecular weight is 332 g/mol. The van der Waals surface area contributed by atoms with Crippen molar-refractivity contribution in [1.82, 2.24) is 4.90 Å². The molecule has 0 radical (unpaired) electrons. The number of carbonyl (C=O) groups is 2. The molecule has 3 rings (SSSR count). The lowest BCUT2D eigenvalue weighted by Crippen LogP contribution is -2.41. The van der Waals surface area contributed by atoms with Crippen molar-refractivity contribution >= 4 is 35.1 Å². The summed E-state index contributed by atoms with van der Waals surface area (Å²) >= 11 is 11.8. The van der Waals surface area contributed by atoms with Gasteiger partial charge in [-0.1, -0.05) is 0 Å². The van der Waals surface area contributed by atoms with Crippen LogP contribution in [0.1, 0.15) is 29.8 Å². The number of rotatable bonds is 4. The van der Waals surface area contributed by atoms with Crippen LogP contribution in [-0.4, -0.2) is 40.3 Å². The molecule has 0 unspecified atom stereocenters. The molecule has 0 N–H and O–H groups in total. The van der Waals surface area contributed by atoms with Gasteiger partial charge in [0.2, 0.25) is 0 Å². The van der Waals surface area contributed by atoms with Gasteiger partial charge in [-0.3, -0.25) is 4.79 Å². The molecule has 114 valence electrons. The number of ether oxygens (including phenoxy) is 1. The molecule has 0 bridgehead atoms. The number of likely N-dealkylation sites (tertiary alicyclic amines) is 1. The second-order valence-electron chi connectivity index (χ2n) is 5.43. The summed E-state index contributed by atoms with van der Waals surface area (Å²) in [6.45, 7) is 0.725. The van der Waals surface area contributed by atoms with Gasteiger partial charge in [-0.05, 0) is 31.4 Å². The third-order valence-corrected chi connectivity index (χ3v) is 4.83. The largest absolute Gasteiger partial charge is 0.464 e. The summed E-state index contributed by atoms with van der Waals surface area (Å²) in [5.74, 6) is -0.462. The Labute approximate surface area is 132 Å². The lowest BCUT2D eigenvalue weighted by Gasteiger charge is -2.22. The van der Waals surface area contributed by atoms with E-state index in [-0.39, 0.29) is 24.2 Å². The Hall–Kier alpha value is -1.20. The summed E-state index contributed by atoms with van der Waals surface area (Å²) in [5, 5.41) is 0. The van der Waals surface area contributed by atoms with E-state index in [1.165, 1.54) is 11.2 Å². The molecule has 0 aromatic carbocycles. The fourth-order valence-electron chi connectivity index (χ4n) is 2.53. The molecule has 0 spiro atoms. The second kappa shape index (κ2) is 5.54. The van der Waals surface area contributed by atoms with Gasteiger partial charge in [-0.15, -0.1) is 23.2 Å². The van der Waals surface area contributed by atoms with Crippen LogP contribution >= 0.6 is 23.2 Å². The highest BCUT2D eigenvalue weighted by atomic mass is 35.5. The quantitative estimate of drug-likeness (QED) is 0.628. The molecule has 1 saturated carbocycles. The van der Waals surface area contributed by atoms with Gasteiger partial charge in [0.25, 0.3) is 5.91 Å². The molecule has 21 heavy (non-hydrogen) atoms. The van der Waals surface area contributed by atoms with E-state index in [0.29, 0.717) is 19.4 Å². The predicted octanol–water partition coefficient (Wildman–Crippen LogP) is 2.62. The maximum absolute atomic E-state index is 12.3. The van der Waals surface area contributed by atoms with Crippen LogP contribution in [0.3, 0.4) is 0 Å². The Bertz CT molecular complexity index is 543. The Morgan fingerprint density at radius 2 is 2.24 bits per heavy atom. The molecule has 2 aliphatic rings. The van der Waals surface area contributed by atoms with Crippen molar-refractivity contribution in [3.63, 3.8) is 0 Å². The van der Waals surface area contributed by atoms with Gasteiger partial charge in [0, 0.05) is 12.5 Å². The summed E-state index contributed by atoms with van der Waals surface area (Å²) in [6, 6.07) is 2.67. The number of nitrogens with zero attached hydrogens (tertiary/aromatic N) is 1. The molecule has 1 amide bonds. The minimum atomic E-state index is -0.764. The first-order valence-electron chi connectivity index (χ1n) is 6.88. The number of amides is 1. The molecule has 2 fully saturated rings. The zero-order valence-electron chi connectivity index (χ0n) is 11.3. The molecular formula is C14H15Cl2NO4. The van der Waals surface area contributed by atoms with Crippen molar-refractivity contribution in [1.29, 1.82) is 0 Å². The van der Waals surface area contributed by atoms with Gasteiger partial charge < -0.3 is 14.1 Å². The number of esters is 1. The van der Waals surface area contributed by atoms with E-state index in [2.05, 4.69) is 0 Å². The molecule has 1 aliphatic heterocycles. The van der Waals surface area contributed by atoms with Gasteiger partial charge in [-0.25, -0.2) is 4.79 Å². The summed E-state index contributed by atoms with van der Waals surface area (Å²) in [5.41, 5.74) is 0. The first-order valence-corrected chi connectivity index (χ1v) is 7.63. The summed E-state index contributed by atoms with van der Waals surface area (Å²) < 4.78 is 9.58. The van der Waals surface area contributed by atoms with E-state index in [1.54, 1.807) is 12.1 Å². The monoisotopic (exact) mass is 331 g/mol. The molecular weight excluding hydrogens is 317 g/mol. The Balaban J connectivity index is 1.58. The van der Waals surface area contributed by atoms with Crippen molar-refractivity contribution in [3.05, 3.63) is 24.2 Å². The molecule has 2 heterocycles. The van der Waals surface area contributed by atoms with E-state index in [4.69, 9.17) is 32.4 Å². The normalized spacial score (nSPS) is 26.7. The van der Waals surface area contributed by atoms with Crippen molar-refractivity contribution in [2.45, 2.75) is 29.6 Å². The highest BCUT2D eigenvalue weighted by Gasteiger charge is 2.52. The van der Waals surface area contributed by atoms with Gasteiger partial charge >= 0.3 is 5.97 Å². The maximum atomic E-state index is 12.3. The first-order chi connectivity index (χ1) is 9.99. The minimum Gasteiger partial charge on any atom is -0.464 e. The van der Waals surface area contributed by atoms with Gasteiger partial charge in [0.1, 0.15) is 10.4 Å². The minimum absolute atomic E-state index is 0.0135. The standard InChI is InChI=1S/C14H15Cl2NO4/c15-14(16)7-9(14)8-21-13(19)10-3-1-5-17(10)12(18)11-4-2-6-20-11/h2,4,6,9-10H,1,3,5,7-8H2/t9-,10+/m0/s1. The van der Waals surface area contributed by atoms with Crippen molar-refractivity contribution in [2.24, 2.45) is 5.92 Å². The van der Waals surface area contributed by atoms with Gasteiger partial charge in [0.05, 0.1) is 12.9 Å². The van der Waals surface area contributed by atoms with E-state index >= 15 is 0 Å². The topological polar surface area (TPSA) is 59.8 Å². The lowest BCUT2D eigenvalue weighted by molar-refractivity contribution is -0.148. The molecule has 7 heteroatoms. The highest BCUT2D eigenvalue weighted by Crippen LogP contribution is 2.53.